The number of piperazine rings is 1. The molecule has 0 unspecified atom stereocenters. The lowest BCUT2D eigenvalue weighted by atomic mass is 9.92. The average molecular weight is 352 g/mol. The highest BCUT2D eigenvalue weighted by Gasteiger charge is 2.37. The van der Waals surface area contributed by atoms with Crippen LogP contribution in [0.2, 0.25) is 0 Å². The summed E-state index contributed by atoms with van der Waals surface area (Å²) >= 11 is 0. The maximum atomic E-state index is 2.77. The van der Waals surface area contributed by atoms with Crippen LogP contribution in [0.1, 0.15) is 25.7 Å². The van der Waals surface area contributed by atoms with Crippen molar-refractivity contribution in [3.63, 3.8) is 0 Å². The predicted molar refractivity (Wildman–Crippen MR) is 109 cm³/mol. The van der Waals surface area contributed by atoms with Crippen LogP contribution in [0, 0.1) is 17.8 Å². The Kier molecular flexibility index (Phi) is 4.76. The Bertz CT molecular complexity index is 612. The Labute approximate surface area is 158 Å². The number of para-hydroxylation sites is 1. The fourth-order valence-electron chi connectivity index (χ4n) is 5.89. The largest absolute Gasteiger partial charge is 0.369 e. The second-order valence-electron chi connectivity index (χ2n) is 8.93. The fraction of sp³-hybridized carbons (Fsp3) is 0.652. The van der Waals surface area contributed by atoms with Crippen LogP contribution in [0.3, 0.4) is 0 Å². The topological polar surface area (TPSA) is 9.72 Å². The van der Waals surface area contributed by atoms with Gasteiger partial charge in [0.25, 0.3) is 0 Å². The molecule has 140 valence electrons. The van der Waals surface area contributed by atoms with Crippen LogP contribution in [0.25, 0.3) is 0 Å². The third-order valence-corrected chi connectivity index (χ3v) is 7.42. The lowest BCUT2D eigenvalue weighted by Crippen LogP contribution is -2.53. The molecule has 2 aliphatic heterocycles. The van der Waals surface area contributed by atoms with Gasteiger partial charge in [-0.1, -0.05) is 30.4 Å². The summed E-state index contributed by atoms with van der Waals surface area (Å²) in [5, 5.41) is 0. The van der Waals surface area contributed by atoms with E-state index in [1.165, 1.54) is 77.2 Å². The highest BCUT2D eigenvalue weighted by molar-refractivity contribution is 5.46. The summed E-state index contributed by atoms with van der Waals surface area (Å²) in [5.41, 5.74) is 1.39. The Hall–Kier alpha value is -1.32. The van der Waals surface area contributed by atoms with Gasteiger partial charge in [0, 0.05) is 44.5 Å². The zero-order valence-electron chi connectivity index (χ0n) is 16.0. The van der Waals surface area contributed by atoms with Crippen LogP contribution in [0.4, 0.5) is 5.69 Å². The number of nitrogens with zero attached hydrogens (tertiary/aromatic N) is 3. The Morgan fingerprint density at radius 3 is 2.23 bits per heavy atom. The molecule has 0 spiro atoms. The van der Waals surface area contributed by atoms with Crippen LogP contribution in [0.15, 0.2) is 42.5 Å². The summed E-state index contributed by atoms with van der Waals surface area (Å²) in [6.07, 6.45) is 10.7. The van der Waals surface area contributed by atoms with Crippen LogP contribution in [0.5, 0.6) is 0 Å². The van der Waals surface area contributed by atoms with Crippen molar-refractivity contribution in [3.05, 3.63) is 42.5 Å². The van der Waals surface area contributed by atoms with E-state index in [1.807, 2.05) is 0 Å². The number of piperidine rings is 1. The second-order valence-corrected chi connectivity index (χ2v) is 8.93. The molecule has 2 saturated heterocycles. The normalized spacial score (nSPS) is 33.2. The zero-order valence-corrected chi connectivity index (χ0v) is 16.0. The second kappa shape index (κ2) is 7.36. The molecular weight excluding hydrogens is 318 g/mol. The summed E-state index contributed by atoms with van der Waals surface area (Å²) in [6, 6.07) is 11.7. The van der Waals surface area contributed by atoms with E-state index in [4.69, 9.17) is 0 Å². The molecule has 26 heavy (non-hydrogen) atoms. The average Bonchev–Trinajstić information content (AvgIpc) is 3.33. The van der Waals surface area contributed by atoms with Crippen molar-refractivity contribution in [1.82, 2.24) is 9.80 Å². The Balaban J connectivity index is 1.07. The van der Waals surface area contributed by atoms with Gasteiger partial charge in [-0.3, -0.25) is 4.90 Å². The van der Waals surface area contributed by atoms with Crippen LogP contribution in [-0.4, -0.2) is 61.7 Å². The molecule has 4 aliphatic rings. The highest BCUT2D eigenvalue weighted by Crippen LogP contribution is 2.43. The van der Waals surface area contributed by atoms with Gasteiger partial charge in [0.2, 0.25) is 0 Å². The van der Waals surface area contributed by atoms with Gasteiger partial charge >= 0.3 is 0 Å². The molecule has 3 heteroatoms. The van der Waals surface area contributed by atoms with E-state index in [2.05, 4.69) is 57.2 Å². The van der Waals surface area contributed by atoms with Crippen LogP contribution in [-0.2, 0) is 0 Å². The third-order valence-electron chi connectivity index (χ3n) is 7.42. The predicted octanol–water partition coefficient (Wildman–Crippen LogP) is 3.49. The first-order valence-corrected chi connectivity index (χ1v) is 10.8. The number of hydrogen-bond donors (Lipinski definition) is 0. The Morgan fingerprint density at radius 2 is 1.58 bits per heavy atom. The maximum absolute atomic E-state index is 2.77. The number of hydrogen-bond acceptors (Lipinski definition) is 3. The quantitative estimate of drug-likeness (QED) is 0.769. The summed E-state index contributed by atoms with van der Waals surface area (Å²) in [4.78, 5) is 8.10. The van der Waals surface area contributed by atoms with E-state index >= 15 is 0 Å². The van der Waals surface area contributed by atoms with Crippen LogP contribution < -0.4 is 4.90 Å². The highest BCUT2D eigenvalue weighted by atomic mass is 15.3. The van der Waals surface area contributed by atoms with E-state index in [9.17, 15) is 0 Å². The lowest BCUT2D eigenvalue weighted by molar-refractivity contribution is 0.0919. The first kappa shape index (κ1) is 16.8. The molecule has 3 fully saturated rings. The number of likely N-dealkylation sites (tertiary alicyclic amines) is 1. The number of rotatable bonds is 4. The molecule has 2 heterocycles. The number of fused-ring (bicyclic) bond motifs is 2. The van der Waals surface area contributed by atoms with Crippen molar-refractivity contribution in [2.24, 2.45) is 17.8 Å². The molecular formula is C23H33N3. The third kappa shape index (κ3) is 3.44. The van der Waals surface area contributed by atoms with Gasteiger partial charge in [-0.05, 0) is 68.7 Å². The summed E-state index contributed by atoms with van der Waals surface area (Å²) in [7, 11) is 0. The summed E-state index contributed by atoms with van der Waals surface area (Å²) < 4.78 is 0. The van der Waals surface area contributed by atoms with E-state index in [-0.39, 0.29) is 0 Å². The van der Waals surface area contributed by atoms with E-state index in [1.54, 1.807) is 0 Å². The van der Waals surface area contributed by atoms with Crippen molar-refractivity contribution in [2.75, 3.05) is 50.7 Å². The first-order valence-electron chi connectivity index (χ1n) is 10.8. The van der Waals surface area contributed by atoms with Gasteiger partial charge in [0.05, 0.1) is 0 Å². The minimum atomic E-state index is 0.823. The molecule has 1 aromatic carbocycles. The molecule has 2 bridgehead atoms. The van der Waals surface area contributed by atoms with Gasteiger partial charge in [-0.15, -0.1) is 0 Å². The number of benzene rings is 1. The van der Waals surface area contributed by atoms with Gasteiger partial charge in [0.15, 0.2) is 0 Å². The molecule has 3 atom stereocenters. The Morgan fingerprint density at radius 1 is 0.808 bits per heavy atom. The molecule has 1 aromatic rings. The molecule has 5 rings (SSSR count). The van der Waals surface area contributed by atoms with Crippen molar-refractivity contribution < 1.29 is 0 Å². The van der Waals surface area contributed by atoms with E-state index < -0.39 is 0 Å². The number of anilines is 1. The van der Waals surface area contributed by atoms with Crippen molar-refractivity contribution in [3.8, 4) is 0 Å². The van der Waals surface area contributed by atoms with Crippen molar-refractivity contribution in [1.29, 1.82) is 0 Å². The lowest BCUT2D eigenvalue weighted by Gasteiger charge is -2.44. The van der Waals surface area contributed by atoms with E-state index in [0.29, 0.717) is 0 Å². The molecule has 3 nitrogen and oxygen atoms in total. The standard InChI is InChI=1S/C23H33N3/c1-2-4-22(5-3-1)25-12-14-26(15-13-25)23-8-10-24(11-9-23)18-21-17-19-6-7-20(21)16-19/h1-7,19-21,23H,8-18H2/t19-,20-,21+/m0/s1. The minimum absolute atomic E-state index is 0.823. The monoisotopic (exact) mass is 351 g/mol. The fourth-order valence-corrected chi connectivity index (χ4v) is 5.89. The van der Waals surface area contributed by atoms with Gasteiger partial charge in [0.1, 0.15) is 0 Å². The van der Waals surface area contributed by atoms with E-state index in [0.717, 1.165) is 23.8 Å². The molecule has 0 aromatic heterocycles. The smallest absolute Gasteiger partial charge is 0.0367 e. The summed E-state index contributed by atoms with van der Waals surface area (Å²) in [6.45, 7) is 8.83. The zero-order chi connectivity index (χ0) is 17.3. The SMILES string of the molecule is C1=C[C@H]2C[C@H]1C[C@@H]2CN1CCC(N2CCN(c3ccccc3)CC2)CC1. The maximum Gasteiger partial charge on any atom is 0.0367 e. The molecule has 0 amide bonds. The van der Waals surface area contributed by atoms with Gasteiger partial charge < -0.3 is 9.80 Å². The molecule has 0 radical (unpaired) electrons. The van der Waals surface area contributed by atoms with Gasteiger partial charge in [-0.25, -0.2) is 0 Å². The molecule has 0 N–H and O–H groups in total. The van der Waals surface area contributed by atoms with Crippen molar-refractivity contribution in [2.45, 2.75) is 31.7 Å². The minimum Gasteiger partial charge on any atom is -0.369 e. The van der Waals surface area contributed by atoms with Gasteiger partial charge in [-0.2, -0.15) is 0 Å². The number of allylic oxidation sites excluding steroid dienone is 2. The van der Waals surface area contributed by atoms with Crippen LogP contribution >= 0.6 is 0 Å². The first-order chi connectivity index (χ1) is 12.8. The molecule has 1 saturated carbocycles. The van der Waals surface area contributed by atoms with Crippen molar-refractivity contribution >= 4 is 5.69 Å². The molecule has 2 aliphatic carbocycles. The summed E-state index contributed by atoms with van der Waals surface area (Å²) in [5.74, 6) is 2.78.